The molecule has 0 bridgehead atoms. The second-order valence-electron chi connectivity index (χ2n) is 7.11. The van der Waals surface area contributed by atoms with Gasteiger partial charge >= 0.3 is 11.9 Å². The lowest BCUT2D eigenvalue weighted by Crippen LogP contribution is -2.12. The molecule has 0 amide bonds. The molecular weight excluding hydrogens is 359 g/mol. The Bertz CT molecular complexity index is 559. The molecule has 0 radical (unpaired) electrons. The molecule has 4 nitrogen and oxygen atoms in total. The number of carbonyl (C=O) groups is 2. The van der Waals surface area contributed by atoms with Crippen molar-refractivity contribution in [2.24, 2.45) is 0 Å². The molecule has 0 saturated carbocycles. The molecular formula is C23H35FO4. The van der Waals surface area contributed by atoms with Crippen molar-refractivity contribution >= 4 is 11.9 Å². The van der Waals surface area contributed by atoms with Gasteiger partial charge in [-0.05, 0) is 18.1 Å². The second-order valence-corrected chi connectivity index (χ2v) is 7.11. The molecule has 28 heavy (non-hydrogen) atoms. The van der Waals surface area contributed by atoms with Crippen molar-refractivity contribution < 1.29 is 23.5 Å². The predicted molar refractivity (Wildman–Crippen MR) is 108 cm³/mol. The molecule has 0 spiro atoms. The van der Waals surface area contributed by atoms with Crippen molar-refractivity contribution in [3.8, 4) is 0 Å². The number of rotatable bonds is 16. The van der Waals surface area contributed by atoms with Crippen LogP contribution in [0.15, 0.2) is 24.3 Å². The molecule has 0 fully saturated rings. The minimum Gasteiger partial charge on any atom is -0.466 e. The first kappa shape index (κ1) is 24.1. The number of esters is 2. The van der Waals surface area contributed by atoms with Crippen molar-refractivity contribution in [1.29, 1.82) is 0 Å². The van der Waals surface area contributed by atoms with Crippen LogP contribution < -0.4 is 0 Å². The van der Waals surface area contributed by atoms with E-state index in [0.717, 1.165) is 12.8 Å². The Morgan fingerprint density at radius 1 is 0.786 bits per heavy atom. The molecule has 0 aliphatic rings. The number of halogens is 1. The Morgan fingerprint density at radius 3 is 1.93 bits per heavy atom. The highest BCUT2D eigenvalue weighted by atomic mass is 19.1. The van der Waals surface area contributed by atoms with Gasteiger partial charge in [-0.2, -0.15) is 0 Å². The molecule has 1 rings (SSSR count). The van der Waals surface area contributed by atoms with Gasteiger partial charge in [0, 0.05) is 6.42 Å². The molecule has 0 aromatic heterocycles. The number of benzene rings is 1. The molecule has 0 aliphatic carbocycles. The van der Waals surface area contributed by atoms with Crippen molar-refractivity contribution in [2.75, 3.05) is 13.2 Å². The second kappa shape index (κ2) is 16.1. The number of ether oxygens (including phenoxy) is 2. The highest BCUT2D eigenvalue weighted by Gasteiger charge is 2.09. The van der Waals surface area contributed by atoms with Gasteiger partial charge in [-0.3, -0.25) is 9.59 Å². The first-order valence-electron chi connectivity index (χ1n) is 10.7. The van der Waals surface area contributed by atoms with Crippen LogP contribution in [0, 0.1) is 5.82 Å². The largest absolute Gasteiger partial charge is 0.466 e. The van der Waals surface area contributed by atoms with Crippen LogP contribution in [-0.2, 0) is 25.5 Å². The molecule has 158 valence electrons. The lowest BCUT2D eigenvalue weighted by Gasteiger charge is -2.07. The molecule has 1 aromatic rings. The van der Waals surface area contributed by atoms with Gasteiger partial charge in [0.25, 0.3) is 0 Å². The Kier molecular flexibility index (Phi) is 13.9. The van der Waals surface area contributed by atoms with E-state index < -0.39 is 5.97 Å². The quantitative estimate of drug-likeness (QED) is 0.264. The number of unbranched alkanes of at least 4 members (excludes halogenated alkanes) is 8. The van der Waals surface area contributed by atoms with E-state index in [2.05, 4.69) is 6.92 Å². The van der Waals surface area contributed by atoms with Crippen LogP contribution >= 0.6 is 0 Å². The average molecular weight is 395 g/mol. The third-order valence-corrected chi connectivity index (χ3v) is 4.64. The van der Waals surface area contributed by atoms with E-state index in [4.69, 9.17) is 9.47 Å². The first-order valence-corrected chi connectivity index (χ1v) is 10.7. The summed E-state index contributed by atoms with van der Waals surface area (Å²) in [5.41, 5.74) is 0.510. The molecule has 0 aliphatic heterocycles. The van der Waals surface area contributed by atoms with Gasteiger partial charge in [0.2, 0.25) is 0 Å². The highest BCUT2D eigenvalue weighted by Crippen LogP contribution is 2.10. The minimum atomic E-state index is -0.462. The van der Waals surface area contributed by atoms with Crippen molar-refractivity contribution in [3.05, 3.63) is 35.6 Å². The molecule has 0 heterocycles. The maximum absolute atomic E-state index is 13.4. The van der Waals surface area contributed by atoms with Gasteiger partial charge in [0.05, 0.1) is 26.1 Å². The van der Waals surface area contributed by atoms with E-state index in [1.807, 2.05) is 0 Å². The normalized spacial score (nSPS) is 10.6. The maximum atomic E-state index is 13.4. The lowest BCUT2D eigenvalue weighted by atomic mass is 10.1. The van der Waals surface area contributed by atoms with Crippen LogP contribution in [0.2, 0.25) is 0 Å². The van der Waals surface area contributed by atoms with E-state index in [0.29, 0.717) is 18.6 Å². The van der Waals surface area contributed by atoms with Crippen LogP contribution in [0.25, 0.3) is 0 Å². The third-order valence-electron chi connectivity index (χ3n) is 4.64. The van der Waals surface area contributed by atoms with Gasteiger partial charge in [0.1, 0.15) is 5.82 Å². The summed E-state index contributed by atoms with van der Waals surface area (Å²) in [6.45, 7) is 2.74. The topological polar surface area (TPSA) is 52.6 Å². The summed E-state index contributed by atoms with van der Waals surface area (Å²) in [7, 11) is 0. The fraction of sp³-hybridized carbons (Fsp3) is 0.652. The maximum Gasteiger partial charge on any atom is 0.306 e. The summed E-state index contributed by atoms with van der Waals surface area (Å²) in [5, 5.41) is 0. The third kappa shape index (κ3) is 12.5. The summed E-state index contributed by atoms with van der Waals surface area (Å²) < 4.78 is 23.6. The summed E-state index contributed by atoms with van der Waals surface area (Å²) in [5.74, 6) is -1.14. The monoisotopic (exact) mass is 394 g/mol. The fourth-order valence-electron chi connectivity index (χ4n) is 2.92. The molecule has 0 N–H and O–H groups in total. The minimum absolute atomic E-state index is 0.00609. The predicted octanol–water partition coefficient (Wildman–Crippen LogP) is 5.77. The molecule has 0 unspecified atom stereocenters. The Morgan fingerprint density at radius 2 is 1.32 bits per heavy atom. The summed E-state index contributed by atoms with van der Waals surface area (Å²) in [4.78, 5) is 23.3. The fourth-order valence-corrected chi connectivity index (χ4v) is 2.92. The SMILES string of the molecule is CCCCCCCCCCCOC(=O)CCC(=O)OCCc1ccccc1F. The van der Waals surface area contributed by atoms with Gasteiger partial charge < -0.3 is 9.47 Å². The Balaban J connectivity index is 1.94. The number of hydrogen-bond donors (Lipinski definition) is 0. The van der Waals surface area contributed by atoms with Crippen LogP contribution in [-0.4, -0.2) is 25.2 Å². The summed E-state index contributed by atoms with van der Waals surface area (Å²) in [6.07, 6.45) is 11.2. The smallest absolute Gasteiger partial charge is 0.306 e. The number of carbonyl (C=O) groups excluding carboxylic acids is 2. The standard InChI is InChI=1S/C23H35FO4/c1-2-3-4-5-6-7-8-9-12-18-27-22(25)15-16-23(26)28-19-17-20-13-10-11-14-21(20)24/h10-11,13-14H,2-9,12,15-19H2,1H3. The molecule has 0 saturated heterocycles. The van der Waals surface area contributed by atoms with Gasteiger partial charge in [0.15, 0.2) is 0 Å². The zero-order chi connectivity index (χ0) is 20.5. The van der Waals surface area contributed by atoms with E-state index in [1.54, 1.807) is 18.2 Å². The van der Waals surface area contributed by atoms with E-state index in [-0.39, 0.29) is 31.2 Å². The Hall–Kier alpha value is -1.91. The molecule has 1 aromatic carbocycles. The van der Waals surface area contributed by atoms with Crippen molar-refractivity contribution in [1.82, 2.24) is 0 Å². The van der Waals surface area contributed by atoms with Crippen LogP contribution in [0.4, 0.5) is 4.39 Å². The zero-order valence-corrected chi connectivity index (χ0v) is 17.2. The zero-order valence-electron chi connectivity index (χ0n) is 17.2. The first-order chi connectivity index (χ1) is 13.6. The van der Waals surface area contributed by atoms with Crippen LogP contribution in [0.3, 0.4) is 0 Å². The molecule has 0 atom stereocenters. The van der Waals surface area contributed by atoms with Gasteiger partial charge in [-0.25, -0.2) is 4.39 Å². The average Bonchev–Trinajstić information content (AvgIpc) is 2.69. The highest BCUT2D eigenvalue weighted by molar-refractivity contribution is 5.77. The Labute approximate surface area is 168 Å². The van der Waals surface area contributed by atoms with Crippen LogP contribution in [0.1, 0.15) is 83.1 Å². The van der Waals surface area contributed by atoms with Gasteiger partial charge in [-0.1, -0.05) is 76.5 Å². The van der Waals surface area contributed by atoms with E-state index >= 15 is 0 Å². The summed E-state index contributed by atoms with van der Waals surface area (Å²) >= 11 is 0. The number of hydrogen-bond acceptors (Lipinski definition) is 4. The van der Waals surface area contributed by atoms with Crippen molar-refractivity contribution in [2.45, 2.75) is 84.0 Å². The van der Waals surface area contributed by atoms with Crippen molar-refractivity contribution in [3.63, 3.8) is 0 Å². The molecule has 5 heteroatoms. The van der Waals surface area contributed by atoms with E-state index in [9.17, 15) is 14.0 Å². The lowest BCUT2D eigenvalue weighted by molar-refractivity contribution is -0.150. The van der Waals surface area contributed by atoms with Crippen LogP contribution in [0.5, 0.6) is 0 Å². The van der Waals surface area contributed by atoms with E-state index in [1.165, 1.54) is 51.0 Å². The summed E-state index contributed by atoms with van der Waals surface area (Å²) in [6, 6.07) is 6.39. The van der Waals surface area contributed by atoms with Gasteiger partial charge in [-0.15, -0.1) is 0 Å².